The van der Waals surface area contributed by atoms with Gasteiger partial charge in [0.1, 0.15) is 0 Å². The number of hydrogen-bond donors (Lipinski definition) is 1. The zero-order valence-corrected chi connectivity index (χ0v) is 14.2. The summed E-state index contributed by atoms with van der Waals surface area (Å²) in [5, 5.41) is 7.30. The zero-order chi connectivity index (χ0) is 16.9. The van der Waals surface area contributed by atoms with Gasteiger partial charge >= 0.3 is 0 Å². The van der Waals surface area contributed by atoms with Crippen LogP contribution in [-0.4, -0.2) is 52.4 Å². The fourth-order valence-electron chi connectivity index (χ4n) is 3.05. The van der Waals surface area contributed by atoms with Gasteiger partial charge in [0.2, 0.25) is 5.91 Å². The summed E-state index contributed by atoms with van der Waals surface area (Å²) in [4.78, 5) is 14.3. The van der Waals surface area contributed by atoms with E-state index in [1.165, 1.54) is 0 Å². The van der Waals surface area contributed by atoms with Crippen molar-refractivity contribution in [2.24, 2.45) is 0 Å². The van der Waals surface area contributed by atoms with Crippen LogP contribution in [-0.2, 0) is 16.1 Å². The molecule has 1 amide bonds. The molecule has 6 heteroatoms. The van der Waals surface area contributed by atoms with Crippen LogP contribution in [0.2, 0.25) is 0 Å². The van der Waals surface area contributed by atoms with Crippen molar-refractivity contribution in [3.8, 4) is 5.69 Å². The van der Waals surface area contributed by atoms with Gasteiger partial charge in [-0.25, -0.2) is 4.68 Å². The number of ether oxygens (including phenoxy) is 1. The van der Waals surface area contributed by atoms with Gasteiger partial charge in [-0.05, 0) is 26.0 Å². The maximum absolute atomic E-state index is 12.2. The number of nitrogens with zero attached hydrogens (tertiary/aromatic N) is 3. The van der Waals surface area contributed by atoms with E-state index >= 15 is 0 Å². The average molecular weight is 328 g/mol. The van der Waals surface area contributed by atoms with E-state index in [1.807, 2.05) is 55.1 Å². The summed E-state index contributed by atoms with van der Waals surface area (Å²) in [5.74, 6) is 0.0313. The quantitative estimate of drug-likeness (QED) is 0.906. The molecule has 24 heavy (non-hydrogen) atoms. The topological polar surface area (TPSA) is 59.4 Å². The minimum atomic E-state index is 0.0313. The minimum Gasteiger partial charge on any atom is -0.373 e. The van der Waals surface area contributed by atoms with Crippen molar-refractivity contribution in [3.05, 3.63) is 48.3 Å². The van der Waals surface area contributed by atoms with E-state index in [9.17, 15) is 4.79 Å². The van der Waals surface area contributed by atoms with Gasteiger partial charge in [-0.2, -0.15) is 5.10 Å². The molecule has 0 radical (unpaired) electrons. The van der Waals surface area contributed by atoms with Gasteiger partial charge in [-0.3, -0.25) is 9.69 Å². The Bertz CT molecular complexity index is 661. The van der Waals surface area contributed by atoms with Gasteiger partial charge in [-0.15, -0.1) is 0 Å². The number of benzene rings is 1. The van der Waals surface area contributed by atoms with Crippen molar-refractivity contribution < 1.29 is 9.53 Å². The van der Waals surface area contributed by atoms with E-state index in [4.69, 9.17) is 4.74 Å². The monoisotopic (exact) mass is 328 g/mol. The lowest BCUT2D eigenvalue weighted by Crippen LogP contribution is -2.49. The Morgan fingerprint density at radius 3 is 2.67 bits per heavy atom. The van der Waals surface area contributed by atoms with Crippen molar-refractivity contribution in [2.45, 2.75) is 32.6 Å². The number of carbonyl (C=O) groups excluding carboxylic acids is 1. The number of aromatic nitrogens is 2. The molecule has 2 aromatic rings. The molecule has 0 saturated carbocycles. The first-order chi connectivity index (χ1) is 11.6. The van der Waals surface area contributed by atoms with Crippen molar-refractivity contribution in [1.29, 1.82) is 0 Å². The molecule has 2 atom stereocenters. The summed E-state index contributed by atoms with van der Waals surface area (Å²) < 4.78 is 7.50. The largest absolute Gasteiger partial charge is 0.373 e. The smallest absolute Gasteiger partial charge is 0.234 e. The number of morpholine rings is 1. The second kappa shape index (κ2) is 7.59. The molecule has 1 saturated heterocycles. The zero-order valence-electron chi connectivity index (χ0n) is 14.2. The van der Waals surface area contributed by atoms with E-state index < -0.39 is 0 Å². The summed E-state index contributed by atoms with van der Waals surface area (Å²) in [6, 6.07) is 9.92. The molecule has 1 aliphatic heterocycles. The summed E-state index contributed by atoms with van der Waals surface area (Å²) in [5.41, 5.74) is 1.99. The highest BCUT2D eigenvalue weighted by atomic mass is 16.5. The van der Waals surface area contributed by atoms with Crippen LogP contribution < -0.4 is 5.32 Å². The van der Waals surface area contributed by atoms with Gasteiger partial charge in [0.25, 0.3) is 0 Å². The van der Waals surface area contributed by atoms with Crippen LogP contribution in [0.1, 0.15) is 19.4 Å². The van der Waals surface area contributed by atoms with Gasteiger partial charge in [-0.1, -0.05) is 18.2 Å². The Morgan fingerprint density at radius 1 is 1.25 bits per heavy atom. The lowest BCUT2D eigenvalue weighted by molar-refractivity contribution is -0.126. The van der Waals surface area contributed by atoms with E-state index in [-0.39, 0.29) is 18.1 Å². The third-order valence-corrected chi connectivity index (χ3v) is 4.01. The number of amides is 1. The molecule has 6 nitrogen and oxygen atoms in total. The molecule has 1 N–H and O–H groups in total. The van der Waals surface area contributed by atoms with Crippen molar-refractivity contribution >= 4 is 5.91 Å². The highest BCUT2D eigenvalue weighted by molar-refractivity contribution is 5.78. The SMILES string of the molecule is C[C@H]1CN(CC(=O)NCc2cnn(-c3ccccc3)c2)C[C@H](C)O1. The fraction of sp³-hybridized carbons (Fsp3) is 0.444. The first-order valence-corrected chi connectivity index (χ1v) is 8.33. The van der Waals surface area contributed by atoms with Crippen LogP contribution in [0.3, 0.4) is 0 Å². The Labute approximate surface area is 142 Å². The predicted molar refractivity (Wildman–Crippen MR) is 91.9 cm³/mol. The van der Waals surface area contributed by atoms with Gasteiger partial charge in [0.15, 0.2) is 0 Å². The average Bonchev–Trinajstić information content (AvgIpc) is 3.02. The van der Waals surface area contributed by atoms with Crippen LogP contribution >= 0.6 is 0 Å². The number of carbonyl (C=O) groups is 1. The number of rotatable bonds is 5. The third kappa shape index (κ3) is 4.43. The minimum absolute atomic E-state index is 0.0313. The van der Waals surface area contributed by atoms with Gasteiger partial charge in [0, 0.05) is 31.4 Å². The van der Waals surface area contributed by atoms with Crippen molar-refractivity contribution in [1.82, 2.24) is 20.0 Å². The maximum Gasteiger partial charge on any atom is 0.234 e. The first kappa shape index (κ1) is 16.7. The lowest BCUT2D eigenvalue weighted by atomic mass is 10.2. The van der Waals surface area contributed by atoms with Crippen LogP contribution in [0.15, 0.2) is 42.7 Å². The molecule has 128 valence electrons. The van der Waals surface area contributed by atoms with Crippen LogP contribution in [0, 0.1) is 0 Å². The Balaban J connectivity index is 1.49. The summed E-state index contributed by atoms with van der Waals surface area (Å²) in [6.07, 6.45) is 4.07. The second-order valence-corrected chi connectivity index (χ2v) is 6.36. The highest BCUT2D eigenvalue weighted by Crippen LogP contribution is 2.10. The van der Waals surface area contributed by atoms with Gasteiger partial charge < -0.3 is 10.1 Å². The molecular weight excluding hydrogens is 304 g/mol. The maximum atomic E-state index is 12.2. The molecule has 1 aliphatic rings. The number of hydrogen-bond acceptors (Lipinski definition) is 4. The molecule has 0 spiro atoms. The first-order valence-electron chi connectivity index (χ1n) is 8.33. The lowest BCUT2D eigenvalue weighted by Gasteiger charge is -2.34. The molecule has 0 aliphatic carbocycles. The fourth-order valence-corrected chi connectivity index (χ4v) is 3.05. The van der Waals surface area contributed by atoms with E-state index in [0.29, 0.717) is 13.1 Å². The summed E-state index contributed by atoms with van der Waals surface area (Å²) in [6.45, 7) is 6.57. The summed E-state index contributed by atoms with van der Waals surface area (Å²) >= 11 is 0. The van der Waals surface area contributed by atoms with E-state index in [2.05, 4.69) is 15.3 Å². The highest BCUT2D eigenvalue weighted by Gasteiger charge is 2.23. The molecular formula is C18H24N4O2. The number of nitrogens with one attached hydrogen (secondary N) is 1. The van der Waals surface area contributed by atoms with E-state index in [0.717, 1.165) is 24.3 Å². The molecule has 1 aromatic carbocycles. The molecule has 1 fully saturated rings. The third-order valence-electron chi connectivity index (χ3n) is 4.01. The van der Waals surface area contributed by atoms with Crippen molar-refractivity contribution in [3.63, 3.8) is 0 Å². The van der Waals surface area contributed by atoms with Gasteiger partial charge in [0.05, 0.1) is 30.6 Å². The van der Waals surface area contributed by atoms with E-state index in [1.54, 1.807) is 6.20 Å². The Hall–Kier alpha value is -2.18. The van der Waals surface area contributed by atoms with Crippen molar-refractivity contribution in [2.75, 3.05) is 19.6 Å². The van der Waals surface area contributed by atoms with Crippen LogP contribution in [0.5, 0.6) is 0 Å². The molecule has 1 aromatic heterocycles. The summed E-state index contributed by atoms with van der Waals surface area (Å²) in [7, 11) is 0. The standard InChI is InChI=1S/C18H24N4O2/c1-14-10-21(11-15(2)24-14)13-18(23)19-8-16-9-20-22(12-16)17-6-4-3-5-7-17/h3-7,9,12,14-15H,8,10-11,13H2,1-2H3,(H,19,23)/t14-,15-/m0/s1. The van der Waals surface area contributed by atoms with Crippen LogP contribution in [0.25, 0.3) is 5.69 Å². The normalized spacial score (nSPS) is 21.6. The molecule has 0 bridgehead atoms. The number of para-hydroxylation sites is 1. The molecule has 2 heterocycles. The van der Waals surface area contributed by atoms with Crippen LogP contribution in [0.4, 0.5) is 0 Å². The Morgan fingerprint density at radius 2 is 1.96 bits per heavy atom. The Kier molecular flexibility index (Phi) is 5.27. The predicted octanol–water partition coefficient (Wildman–Crippen LogP) is 1.60. The molecule has 0 unspecified atom stereocenters. The molecule has 3 rings (SSSR count). The second-order valence-electron chi connectivity index (χ2n) is 6.36.